The van der Waals surface area contributed by atoms with Crippen LogP contribution in [0.15, 0.2) is 12.2 Å². The Balaban J connectivity index is 4.08. The first kappa shape index (κ1) is 49.2. The molecule has 0 bridgehead atoms. The number of aliphatic hydroxyl groups is 2. The summed E-state index contributed by atoms with van der Waals surface area (Å²) in [5.74, 6) is -0.421. The van der Waals surface area contributed by atoms with Gasteiger partial charge in [0.05, 0.1) is 37.9 Å². The maximum atomic E-state index is 12.7. The van der Waals surface area contributed by atoms with Crippen LogP contribution in [0.4, 0.5) is 0 Å². The van der Waals surface area contributed by atoms with Crippen molar-refractivity contribution in [3.05, 3.63) is 12.2 Å². The Bertz CT molecular complexity index is 817. The van der Waals surface area contributed by atoms with E-state index in [9.17, 15) is 24.5 Å². The van der Waals surface area contributed by atoms with Crippen molar-refractivity contribution in [1.29, 1.82) is 0 Å². The van der Waals surface area contributed by atoms with Gasteiger partial charge in [0.1, 0.15) is 0 Å². The lowest BCUT2D eigenvalue weighted by molar-refractivity contribution is -0.125. The Kier molecular flexibility index (Phi) is 36.0. The molecular formula is C40H81N2O7P. The molecule has 0 saturated heterocycles. The van der Waals surface area contributed by atoms with Gasteiger partial charge in [-0.1, -0.05) is 167 Å². The Morgan fingerprint density at radius 1 is 0.660 bits per heavy atom. The second kappa shape index (κ2) is 36.6. The lowest BCUT2D eigenvalue weighted by Crippen LogP contribution is -2.47. The van der Waals surface area contributed by atoms with Gasteiger partial charge < -0.3 is 26.2 Å². The molecule has 0 aliphatic rings. The number of hydrogen-bond donors (Lipinski definition) is 5. The van der Waals surface area contributed by atoms with Crippen LogP contribution in [0.25, 0.3) is 0 Å². The summed E-state index contributed by atoms with van der Waals surface area (Å²) in [6.07, 6.45) is 35.7. The van der Waals surface area contributed by atoms with Crippen LogP contribution in [0, 0.1) is 0 Å². The van der Waals surface area contributed by atoms with Crippen molar-refractivity contribution in [2.45, 2.75) is 218 Å². The number of phosphoric acid groups is 1. The van der Waals surface area contributed by atoms with Crippen LogP contribution in [0.5, 0.6) is 0 Å². The first-order valence-electron chi connectivity index (χ1n) is 20.9. The first-order valence-corrected chi connectivity index (χ1v) is 22.4. The second-order valence-corrected chi connectivity index (χ2v) is 15.8. The van der Waals surface area contributed by atoms with Gasteiger partial charge in [-0.05, 0) is 38.5 Å². The summed E-state index contributed by atoms with van der Waals surface area (Å²) >= 11 is 0. The van der Waals surface area contributed by atoms with Gasteiger partial charge in [0, 0.05) is 6.54 Å². The fourth-order valence-corrected chi connectivity index (χ4v) is 6.99. The molecule has 50 heavy (non-hydrogen) atoms. The van der Waals surface area contributed by atoms with Gasteiger partial charge in [-0.2, -0.15) is 0 Å². The van der Waals surface area contributed by atoms with Gasteiger partial charge in [-0.15, -0.1) is 0 Å². The molecule has 0 aliphatic carbocycles. The standard InChI is InChI=1S/C40H81N2O7P/c1-3-5-7-9-11-12-13-14-15-16-17-18-19-20-21-22-23-24-26-27-29-31-37(43)35-40(45)42-38(36-49-50(46,47)48-34-33-41)39(44)32-30-28-25-10-8-6-4-2/h20-21,37-39,43-44H,3-19,22-36,41H2,1-2H3,(H,42,45)(H,46,47)/b21-20-. The maximum absolute atomic E-state index is 12.7. The highest BCUT2D eigenvalue weighted by Gasteiger charge is 2.28. The molecule has 0 radical (unpaired) electrons. The molecule has 0 aromatic carbocycles. The molecule has 0 saturated carbocycles. The number of allylic oxidation sites excluding steroid dienone is 2. The highest BCUT2D eigenvalue weighted by molar-refractivity contribution is 7.47. The fourth-order valence-electron chi connectivity index (χ4n) is 6.23. The number of unbranched alkanes of at least 4 members (excludes halogenated alkanes) is 23. The van der Waals surface area contributed by atoms with E-state index in [1.165, 1.54) is 116 Å². The third-order valence-electron chi connectivity index (χ3n) is 9.42. The van der Waals surface area contributed by atoms with Crippen LogP contribution in [0.1, 0.15) is 200 Å². The number of hydrogen-bond acceptors (Lipinski definition) is 7. The zero-order valence-electron chi connectivity index (χ0n) is 32.5. The third-order valence-corrected chi connectivity index (χ3v) is 10.4. The summed E-state index contributed by atoms with van der Waals surface area (Å²) in [5.41, 5.74) is 5.34. The number of rotatable bonds is 39. The summed E-state index contributed by atoms with van der Waals surface area (Å²) in [7, 11) is -4.36. The van der Waals surface area contributed by atoms with Gasteiger partial charge in [0.2, 0.25) is 5.91 Å². The summed E-state index contributed by atoms with van der Waals surface area (Å²) in [4.78, 5) is 22.6. The predicted octanol–water partition coefficient (Wildman–Crippen LogP) is 10.2. The van der Waals surface area contributed by atoms with E-state index in [0.29, 0.717) is 12.8 Å². The van der Waals surface area contributed by atoms with E-state index in [2.05, 4.69) is 31.3 Å². The normalized spacial score (nSPS) is 14.9. The lowest BCUT2D eigenvalue weighted by Gasteiger charge is -2.25. The Morgan fingerprint density at radius 2 is 1.08 bits per heavy atom. The van der Waals surface area contributed by atoms with Gasteiger partial charge in [-0.25, -0.2) is 4.57 Å². The summed E-state index contributed by atoms with van der Waals surface area (Å²) in [6, 6.07) is -0.893. The maximum Gasteiger partial charge on any atom is 0.472 e. The van der Waals surface area contributed by atoms with Crippen molar-refractivity contribution >= 4 is 13.7 Å². The van der Waals surface area contributed by atoms with Crippen LogP contribution in [-0.2, 0) is 18.4 Å². The molecule has 1 amide bonds. The zero-order chi connectivity index (χ0) is 37.0. The van der Waals surface area contributed by atoms with Crippen molar-refractivity contribution < 1.29 is 33.5 Å². The molecule has 0 fully saturated rings. The highest BCUT2D eigenvalue weighted by atomic mass is 31.2. The summed E-state index contributed by atoms with van der Waals surface area (Å²) in [6.45, 7) is 3.99. The number of phosphoric ester groups is 1. The van der Waals surface area contributed by atoms with Crippen LogP contribution >= 0.6 is 7.82 Å². The topological polar surface area (TPSA) is 151 Å². The summed E-state index contributed by atoms with van der Waals surface area (Å²) in [5, 5.41) is 24.0. The molecule has 0 aliphatic heterocycles. The van der Waals surface area contributed by atoms with Gasteiger partial charge >= 0.3 is 7.82 Å². The molecule has 0 aromatic rings. The van der Waals surface area contributed by atoms with Crippen LogP contribution < -0.4 is 11.1 Å². The van der Waals surface area contributed by atoms with Crippen LogP contribution in [0.3, 0.4) is 0 Å². The molecule has 10 heteroatoms. The molecule has 4 atom stereocenters. The summed E-state index contributed by atoms with van der Waals surface area (Å²) < 4.78 is 22.0. The monoisotopic (exact) mass is 733 g/mol. The smallest absolute Gasteiger partial charge is 0.393 e. The number of carbonyl (C=O) groups is 1. The van der Waals surface area contributed by atoms with Crippen molar-refractivity contribution in [3.8, 4) is 0 Å². The van der Waals surface area contributed by atoms with E-state index < -0.39 is 32.0 Å². The molecule has 0 rings (SSSR count). The average molecular weight is 733 g/mol. The predicted molar refractivity (Wildman–Crippen MR) is 209 cm³/mol. The SMILES string of the molecule is CCCCCCCCCCCCCC/C=C\CCCCCCCC(O)CC(=O)NC(COP(=O)(O)OCCN)C(O)CCCCCCCCC. The van der Waals surface area contributed by atoms with Crippen LogP contribution in [0.2, 0.25) is 0 Å². The van der Waals surface area contributed by atoms with E-state index in [-0.39, 0.29) is 26.2 Å². The van der Waals surface area contributed by atoms with Crippen LogP contribution in [-0.4, -0.2) is 59.0 Å². The second-order valence-electron chi connectivity index (χ2n) is 14.4. The Hall–Kier alpha value is -0.800. The van der Waals surface area contributed by atoms with Crippen molar-refractivity contribution in [1.82, 2.24) is 5.32 Å². The number of amides is 1. The third kappa shape index (κ3) is 34.3. The molecule has 6 N–H and O–H groups in total. The van der Waals surface area contributed by atoms with Gasteiger partial charge in [0.15, 0.2) is 0 Å². The minimum atomic E-state index is -4.36. The zero-order valence-corrected chi connectivity index (χ0v) is 33.4. The average Bonchev–Trinajstić information content (AvgIpc) is 3.09. The number of nitrogens with one attached hydrogen (secondary N) is 1. The molecule has 0 spiro atoms. The van der Waals surface area contributed by atoms with Gasteiger partial charge in [0.25, 0.3) is 0 Å². The molecule has 4 unspecified atom stereocenters. The number of carbonyl (C=O) groups excluding carboxylic acids is 1. The number of aliphatic hydroxyl groups excluding tert-OH is 2. The van der Waals surface area contributed by atoms with E-state index in [1.54, 1.807) is 0 Å². The first-order chi connectivity index (χ1) is 24.3. The fraction of sp³-hybridized carbons (Fsp3) is 0.925. The largest absolute Gasteiger partial charge is 0.472 e. The lowest BCUT2D eigenvalue weighted by atomic mass is 10.0. The van der Waals surface area contributed by atoms with Crippen molar-refractivity contribution in [3.63, 3.8) is 0 Å². The quantitative estimate of drug-likeness (QED) is 0.0238. The van der Waals surface area contributed by atoms with E-state index in [4.69, 9.17) is 14.8 Å². The minimum Gasteiger partial charge on any atom is -0.393 e. The van der Waals surface area contributed by atoms with Crippen molar-refractivity contribution in [2.75, 3.05) is 19.8 Å². The van der Waals surface area contributed by atoms with Crippen molar-refractivity contribution in [2.24, 2.45) is 5.73 Å². The molecule has 9 nitrogen and oxygen atoms in total. The Morgan fingerprint density at radius 3 is 1.54 bits per heavy atom. The van der Waals surface area contributed by atoms with E-state index >= 15 is 0 Å². The van der Waals surface area contributed by atoms with E-state index in [0.717, 1.165) is 51.4 Å². The Labute approximate surface area is 307 Å². The number of nitrogens with two attached hydrogens (primary N) is 1. The highest BCUT2D eigenvalue weighted by Crippen LogP contribution is 2.43. The molecule has 0 heterocycles. The van der Waals surface area contributed by atoms with E-state index in [1.807, 2.05) is 0 Å². The minimum absolute atomic E-state index is 0.0593. The van der Waals surface area contributed by atoms with Gasteiger partial charge in [-0.3, -0.25) is 13.8 Å². The molecular weight excluding hydrogens is 651 g/mol. The molecule has 298 valence electrons. The molecule has 0 aromatic heterocycles.